The van der Waals surface area contributed by atoms with E-state index in [4.69, 9.17) is 5.73 Å². The standard InChI is InChI=1S/C17H15N3/c18-17-19-15-11-5-4-10-14(15)16(20-17)12-6-9-13-7-2-1-3-8-13/h1-11H,12H2,(H2,18,19,20). The van der Waals surface area contributed by atoms with Gasteiger partial charge in [0.15, 0.2) is 0 Å². The van der Waals surface area contributed by atoms with Crippen LogP contribution in [0.1, 0.15) is 11.3 Å². The highest BCUT2D eigenvalue weighted by Gasteiger charge is 2.03. The lowest BCUT2D eigenvalue weighted by atomic mass is 10.1. The minimum absolute atomic E-state index is 0.326. The molecule has 0 aliphatic heterocycles. The molecular formula is C17H15N3. The summed E-state index contributed by atoms with van der Waals surface area (Å²) in [4.78, 5) is 8.59. The van der Waals surface area contributed by atoms with E-state index in [1.807, 2.05) is 42.5 Å². The van der Waals surface area contributed by atoms with Gasteiger partial charge in [0.1, 0.15) is 0 Å². The van der Waals surface area contributed by atoms with Crippen molar-refractivity contribution in [3.63, 3.8) is 0 Å². The van der Waals surface area contributed by atoms with Crippen LogP contribution < -0.4 is 5.73 Å². The normalized spacial score (nSPS) is 11.2. The lowest BCUT2D eigenvalue weighted by Crippen LogP contribution is -2.00. The summed E-state index contributed by atoms with van der Waals surface area (Å²) in [6, 6.07) is 18.1. The van der Waals surface area contributed by atoms with Gasteiger partial charge in [-0.25, -0.2) is 9.97 Å². The zero-order valence-corrected chi connectivity index (χ0v) is 11.0. The Hall–Kier alpha value is -2.68. The lowest BCUT2D eigenvalue weighted by molar-refractivity contribution is 1.11. The first kappa shape index (κ1) is 12.4. The van der Waals surface area contributed by atoms with Crippen LogP contribution >= 0.6 is 0 Å². The molecule has 2 N–H and O–H groups in total. The molecule has 0 saturated heterocycles. The summed E-state index contributed by atoms with van der Waals surface area (Å²) < 4.78 is 0. The van der Waals surface area contributed by atoms with Gasteiger partial charge in [-0.2, -0.15) is 0 Å². The Kier molecular flexibility index (Phi) is 3.42. The fraction of sp³-hybridized carbons (Fsp3) is 0.0588. The summed E-state index contributed by atoms with van der Waals surface area (Å²) in [7, 11) is 0. The number of nitrogens with zero attached hydrogens (tertiary/aromatic N) is 2. The van der Waals surface area contributed by atoms with Crippen LogP contribution in [-0.4, -0.2) is 9.97 Å². The molecule has 1 heterocycles. The number of nitrogen functional groups attached to an aromatic ring is 1. The van der Waals surface area contributed by atoms with Gasteiger partial charge < -0.3 is 5.73 Å². The average Bonchev–Trinajstić information content (AvgIpc) is 2.48. The quantitative estimate of drug-likeness (QED) is 0.785. The number of benzene rings is 2. The van der Waals surface area contributed by atoms with Crippen LogP contribution in [0.2, 0.25) is 0 Å². The van der Waals surface area contributed by atoms with Crippen LogP contribution in [0.15, 0.2) is 60.7 Å². The zero-order chi connectivity index (χ0) is 13.8. The Morgan fingerprint density at radius 2 is 1.65 bits per heavy atom. The molecule has 0 spiro atoms. The Morgan fingerprint density at radius 3 is 2.50 bits per heavy atom. The van der Waals surface area contributed by atoms with Gasteiger partial charge in [0, 0.05) is 11.8 Å². The molecule has 0 saturated carbocycles. The summed E-state index contributed by atoms with van der Waals surface area (Å²) in [5.74, 6) is 0.326. The second kappa shape index (κ2) is 5.53. The molecule has 98 valence electrons. The number of aromatic nitrogens is 2. The third kappa shape index (κ3) is 2.67. The fourth-order valence-electron chi connectivity index (χ4n) is 2.19. The van der Waals surface area contributed by atoms with Crippen molar-refractivity contribution in [2.24, 2.45) is 0 Å². The molecule has 3 rings (SSSR count). The number of fused-ring (bicyclic) bond motifs is 1. The van der Waals surface area contributed by atoms with Crippen LogP contribution in [0.5, 0.6) is 0 Å². The van der Waals surface area contributed by atoms with E-state index < -0.39 is 0 Å². The van der Waals surface area contributed by atoms with Crippen molar-refractivity contribution in [1.29, 1.82) is 0 Å². The third-order valence-electron chi connectivity index (χ3n) is 3.12. The molecule has 0 amide bonds. The molecule has 3 aromatic rings. The molecule has 0 aliphatic carbocycles. The maximum absolute atomic E-state index is 5.76. The highest BCUT2D eigenvalue weighted by Crippen LogP contribution is 2.17. The molecule has 1 aromatic heterocycles. The van der Waals surface area contributed by atoms with Crippen LogP contribution in [0.25, 0.3) is 17.0 Å². The highest BCUT2D eigenvalue weighted by atomic mass is 15.0. The van der Waals surface area contributed by atoms with E-state index in [1.165, 1.54) is 5.56 Å². The van der Waals surface area contributed by atoms with Gasteiger partial charge in [-0.05, 0) is 11.6 Å². The predicted octanol–water partition coefficient (Wildman–Crippen LogP) is 3.47. The Balaban J connectivity index is 1.89. The van der Waals surface area contributed by atoms with Gasteiger partial charge in [-0.15, -0.1) is 0 Å². The summed E-state index contributed by atoms with van der Waals surface area (Å²) in [6.07, 6.45) is 4.93. The number of hydrogen-bond donors (Lipinski definition) is 1. The van der Waals surface area contributed by atoms with Crippen molar-refractivity contribution in [2.75, 3.05) is 5.73 Å². The SMILES string of the molecule is Nc1nc(CC=Cc2ccccc2)c2ccccc2n1. The number of hydrogen-bond acceptors (Lipinski definition) is 3. The van der Waals surface area contributed by atoms with Crippen LogP contribution in [0.3, 0.4) is 0 Å². The topological polar surface area (TPSA) is 51.8 Å². The summed E-state index contributed by atoms with van der Waals surface area (Å²) in [5, 5.41) is 1.06. The molecule has 3 nitrogen and oxygen atoms in total. The van der Waals surface area contributed by atoms with Crippen LogP contribution in [0.4, 0.5) is 5.95 Å². The van der Waals surface area contributed by atoms with Crippen molar-refractivity contribution in [2.45, 2.75) is 6.42 Å². The van der Waals surface area contributed by atoms with Crippen LogP contribution in [0, 0.1) is 0 Å². The number of anilines is 1. The second-order valence-corrected chi connectivity index (χ2v) is 4.56. The number of para-hydroxylation sites is 1. The molecule has 0 atom stereocenters. The largest absolute Gasteiger partial charge is 0.368 e. The minimum Gasteiger partial charge on any atom is -0.368 e. The molecule has 3 heteroatoms. The van der Waals surface area contributed by atoms with E-state index in [2.05, 4.69) is 34.3 Å². The first-order valence-electron chi connectivity index (χ1n) is 6.55. The third-order valence-corrected chi connectivity index (χ3v) is 3.12. The minimum atomic E-state index is 0.326. The molecule has 20 heavy (non-hydrogen) atoms. The van der Waals surface area contributed by atoms with Gasteiger partial charge in [0.05, 0.1) is 11.2 Å². The van der Waals surface area contributed by atoms with Crippen molar-refractivity contribution in [3.8, 4) is 0 Å². The lowest BCUT2D eigenvalue weighted by Gasteiger charge is -2.04. The Morgan fingerprint density at radius 1 is 0.900 bits per heavy atom. The molecular weight excluding hydrogens is 246 g/mol. The van der Waals surface area contributed by atoms with Gasteiger partial charge in [0.2, 0.25) is 5.95 Å². The molecule has 0 unspecified atom stereocenters. The smallest absolute Gasteiger partial charge is 0.220 e. The van der Waals surface area contributed by atoms with Gasteiger partial charge in [-0.3, -0.25) is 0 Å². The summed E-state index contributed by atoms with van der Waals surface area (Å²) in [6.45, 7) is 0. The van der Waals surface area contributed by atoms with E-state index in [0.29, 0.717) is 5.95 Å². The Labute approximate surface area is 117 Å². The second-order valence-electron chi connectivity index (χ2n) is 4.56. The highest BCUT2D eigenvalue weighted by molar-refractivity contribution is 5.82. The maximum atomic E-state index is 5.76. The van der Waals surface area contributed by atoms with Gasteiger partial charge in [-0.1, -0.05) is 60.7 Å². The number of rotatable bonds is 3. The summed E-state index contributed by atoms with van der Waals surface area (Å²) in [5.41, 5.74) is 8.79. The van der Waals surface area contributed by atoms with E-state index >= 15 is 0 Å². The van der Waals surface area contributed by atoms with Crippen molar-refractivity contribution in [3.05, 3.63) is 71.9 Å². The van der Waals surface area contributed by atoms with Crippen molar-refractivity contribution >= 4 is 22.9 Å². The number of allylic oxidation sites excluding steroid dienone is 1. The van der Waals surface area contributed by atoms with Crippen LogP contribution in [-0.2, 0) is 6.42 Å². The monoisotopic (exact) mass is 261 g/mol. The molecule has 0 aliphatic rings. The average molecular weight is 261 g/mol. The molecule has 0 bridgehead atoms. The number of nitrogens with two attached hydrogens (primary N) is 1. The first-order valence-corrected chi connectivity index (χ1v) is 6.55. The van der Waals surface area contributed by atoms with Gasteiger partial charge >= 0.3 is 0 Å². The van der Waals surface area contributed by atoms with Crippen molar-refractivity contribution < 1.29 is 0 Å². The predicted molar refractivity (Wildman–Crippen MR) is 83.1 cm³/mol. The first-order chi connectivity index (χ1) is 9.83. The summed E-state index contributed by atoms with van der Waals surface area (Å²) >= 11 is 0. The maximum Gasteiger partial charge on any atom is 0.220 e. The van der Waals surface area contributed by atoms with E-state index in [1.54, 1.807) is 0 Å². The molecule has 2 aromatic carbocycles. The fourth-order valence-corrected chi connectivity index (χ4v) is 2.19. The Bertz CT molecular complexity index is 749. The van der Waals surface area contributed by atoms with E-state index in [0.717, 1.165) is 23.0 Å². The molecule has 0 fully saturated rings. The molecule has 0 radical (unpaired) electrons. The van der Waals surface area contributed by atoms with E-state index in [9.17, 15) is 0 Å². The van der Waals surface area contributed by atoms with E-state index in [-0.39, 0.29) is 0 Å². The zero-order valence-electron chi connectivity index (χ0n) is 11.0. The van der Waals surface area contributed by atoms with Crippen molar-refractivity contribution in [1.82, 2.24) is 9.97 Å². The van der Waals surface area contributed by atoms with Gasteiger partial charge in [0.25, 0.3) is 0 Å².